The van der Waals surface area contributed by atoms with Gasteiger partial charge in [0.15, 0.2) is 0 Å². The molecule has 0 spiro atoms. The maximum Gasteiger partial charge on any atom is 0.414 e. The second kappa shape index (κ2) is 10.2. The Hall–Kier alpha value is -2.90. The summed E-state index contributed by atoms with van der Waals surface area (Å²) in [5, 5.41) is 5.83. The van der Waals surface area contributed by atoms with Crippen molar-refractivity contribution >= 4 is 29.3 Å². The van der Waals surface area contributed by atoms with Crippen LogP contribution in [-0.2, 0) is 16.1 Å². The summed E-state index contributed by atoms with van der Waals surface area (Å²) in [5.74, 6) is -0.627. The first-order valence-corrected chi connectivity index (χ1v) is 9.99. The van der Waals surface area contributed by atoms with Crippen LogP contribution in [0.1, 0.15) is 12.5 Å². The highest BCUT2D eigenvalue weighted by Crippen LogP contribution is 2.29. The Bertz CT molecular complexity index is 934. The fourth-order valence-corrected chi connectivity index (χ4v) is 3.24. The van der Waals surface area contributed by atoms with Crippen LogP contribution in [0.4, 0.5) is 14.9 Å². The van der Waals surface area contributed by atoms with E-state index in [0.29, 0.717) is 24.3 Å². The maximum atomic E-state index is 14.8. The number of hydrogen-bond donors (Lipinski definition) is 2. The predicted molar refractivity (Wildman–Crippen MR) is 115 cm³/mol. The van der Waals surface area contributed by atoms with Crippen LogP contribution in [-0.4, -0.2) is 37.7 Å². The number of rotatable bonds is 8. The summed E-state index contributed by atoms with van der Waals surface area (Å²) in [4.78, 5) is 24.5. The molecule has 0 aromatic heterocycles. The number of carbonyl (C=O) groups excluding carboxylic acids is 2. The van der Waals surface area contributed by atoms with E-state index < -0.39 is 18.0 Å². The molecule has 0 aliphatic carbocycles. The Morgan fingerprint density at radius 1 is 1.30 bits per heavy atom. The quantitative estimate of drug-likeness (QED) is 0.624. The van der Waals surface area contributed by atoms with Crippen molar-refractivity contribution in [1.29, 1.82) is 0 Å². The van der Waals surface area contributed by atoms with Gasteiger partial charge < -0.3 is 15.4 Å². The number of ether oxygens (including phenoxy) is 1. The Morgan fingerprint density at radius 3 is 2.73 bits per heavy atom. The molecule has 1 aliphatic heterocycles. The smallest absolute Gasteiger partial charge is 0.414 e. The number of nitrogens with one attached hydrogen (secondary N) is 2. The number of cyclic esters (lactones) is 1. The normalized spacial score (nSPS) is 16.2. The van der Waals surface area contributed by atoms with Crippen LogP contribution in [0.2, 0.25) is 0 Å². The maximum absolute atomic E-state index is 14.8. The molecule has 30 heavy (non-hydrogen) atoms. The van der Waals surface area contributed by atoms with Crippen LogP contribution in [0.5, 0.6) is 0 Å². The molecule has 0 saturated carbocycles. The zero-order valence-electron chi connectivity index (χ0n) is 16.5. The number of nitrogens with zero attached hydrogens (tertiary/aromatic N) is 1. The summed E-state index contributed by atoms with van der Waals surface area (Å²) in [7, 11) is 0. The lowest BCUT2D eigenvalue weighted by Gasteiger charge is -2.15. The third-order valence-corrected chi connectivity index (χ3v) is 4.84. The minimum absolute atomic E-state index is 0.200. The summed E-state index contributed by atoms with van der Waals surface area (Å²) in [6, 6.07) is 12.3. The van der Waals surface area contributed by atoms with Gasteiger partial charge in [0, 0.05) is 31.1 Å². The molecule has 1 heterocycles. The highest BCUT2D eigenvalue weighted by molar-refractivity contribution is 6.25. The van der Waals surface area contributed by atoms with Crippen molar-refractivity contribution in [1.82, 2.24) is 10.6 Å². The lowest BCUT2D eigenvalue weighted by Crippen LogP contribution is -2.33. The number of carbonyl (C=O) groups is 2. The van der Waals surface area contributed by atoms with Crippen molar-refractivity contribution in [2.24, 2.45) is 0 Å². The first-order chi connectivity index (χ1) is 14.5. The van der Waals surface area contributed by atoms with Crippen molar-refractivity contribution in [2.75, 3.05) is 24.5 Å². The highest BCUT2D eigenvalue weighted by Gasteiger charge is 2.32. The number of benzene rings is 2. The standard InChI is InChI=1S/C22H23ClFN3O3/c1-15(28)26-13-19-14-27(22(29)30-19)18-7-8-20(21(24)11-18)17-5-3-16(4-6-17)12-25-10-2-9-23/h2-9,11,19,25H,10,12-14H2,1H3,(H,26,28). The van der Waals surface area contributed by atoms with Crippen molar-refractivity contribution < 1.29 is 18.7 Å². The first-order valence-electron chi connectivity index (χ1n) is 9.55. The number of hydrogen-bond acceptors (Lipinski definition) is 4. The fraction of sp³-hybridized carbons (Fsp3) is 0.273. The van der Waals surface area contributed by atoms with Gasteiger partial charge in [0.25, 0.3) is 0 Å². The molecular weight excluding hydrogens is 409 g/mol. The van der Waals surface area contributed by atoms with Crippen molar-refractivity contribution in [3.8, 4) is 11.1 Å². The average Bonchev–Trinajstić information content (AvgIpc) is 3.11. The van der Waals surface area contributed by atoms with E-state index in [2.05, 4.69) is 10.6 Å². The van der Waals surface area contributed by atoms with Gasteiger partial charge in [0.05, 0.1) is 18.8 Å². The molecular formula is C22H23ClFN3O3. The minimum Gasteiger partial charge on any atom is -0.442 e. The van der Waals surface area contributed by atoms with Gasteiger partial charge in [-0.05, 0) is 29.3 Å². The number of anilines is 1. The van der Waals surface area contributed by atoms with Crippen LogP contribution >= 0.6 is 11.6 Å². The molecule has 1 saturated heterocycles. The van der Waals surface area contributed by atoms with Gasteiger partial charge >= 0.3 is 6.09 Å². The largest absolute Gasteiger partial charge is 0.442 e. The van der Waals surface area contributed by atoms with Crippen molar-refractivity contribution in [2.45, 2.75) is 19.6 Å². The van der Waals surface area contributed by atoms with Gasteiger partial charge in [-0.1, -0.05) is 41.9 Å². The van der Waals surface area contributed by atoms with E-state index in [-0.39, 0.29) is 19.0 Å². The molecule has 2 aromatic carbocycles. The van der Waals surface area contributed by atoms with Crippen LogP contribution in [0.25, 0.3) is 11.1 Å². The van der Waals surface area contributed by atoms with Crippen LogP contribution in [0.15, 0.2) is 54.1 Å². The Labute approximate surface area is 179 Å². The molecule has 1 aliphatic rings. The average molecular weight is 432 g/mol. The SMILES string of the molecule is CC(=O)NCC1CN(c2ccc(-c3ccc(CNCC=CCl)cc3)c(F)c2)C(=O)O1. The molecule has 1 unspecified atom stereocenters. The second-order valence-electron chi connectivity index (χ2n) is 6.91. The van der Waals surface area contributed by atoms with Gasteiger partial charge in [-0.2, -0.15) is 0 Å². The third-order valence-electron chi connectivity index (χ3n) is 4.66. The Morgan fingerprint density at radius 2 is 2.07 bits per heavy atom. The van der Waals surface area contributed by atoms with Crippen LogP contribution in [0, 0.1) is 5.82 Å². The lowest BCUT2D eigenvalue weighted by atomic mass is 10.0. The molecule has 158 valence electrons. The Kier molecular flexibility index (Phi) is 7.43. The molecule has 0 bridgehead atoms. The van der Waals surface area contributed by atoms with Crippen molar-refractivity contribution in [3.05, 3.63) is 65.5 Å². The molecule has 2 amide bonds. The van der Waals surface area contributed by atoms with Crippen LogP contribution in [0.3, 0.4) is 0 Å². The Balaban J connectivity index is 1.66. The second-order valence-corrected chi connectivity index (χ2v) is 7.16. The first kappa shape index (κ1) is 21.8. The number of halogens is 2. The lowest BCUT2D eigenvalue weighted by molar-refractivity contribution is -0.119. The van der Waals surface area contributed by atoms with Gasteiger partial charge in [-0.15, -0.1) is 0 Å². The molecule has 8 heteroatoms. The van der Waals surface area contributed by atoms with Gasteiger partial charge in [-0.25, -0.2) is 9.18 Å². The summed E-state index contributed by atoms with van der Waals surface area (Å²) in [6.07, 6.45) is 0.786. The molecule has 1 fully saturated rings. The predicted octanol–water partition coefficient (Wildman–Crippen LogP) is 3.80. The van der Waals surface area contributed by atoms with E-state index in [1.165, 1.54) is 23.4 Å². The molecule has 2 N–H and O–H groups in total. The molecule has 1 atom stereocenters. The summed E-state index contributed by atoms with van der Waals surface area (Å²) in [5.41, 5.74) is 4.15. The minimum atomic E-state index is -0.557. The zero-order valence-corrected chi connectivity index (χ0v) is 17.3. The third kappa shape index (κ3) is 5.58. The summed E-state index contributed by atoms with van der Waals surface area (Å²) in [6.45, 7) is 3.22. The highest BCUT2D eigenvalue weighted by atomic mass is 35.5. The summed E-state index contributed by atoms with van der Waals surface area (Å²) < 4.78 is 20.0. The summed E-state index contributed by atoms with van der Waals surface area (Å²) >= 11 is 5.48. The fourth-order valence-electron chi connectivity index (χ4n) is 3.15. The zero-order chi connectivity index (χ0) is 21.5. The van der Waals surface area contributed by atoms with Gasteiger partial charge in [-0.3, -0.25) is 9.69 Å². The van der Waals surface area contributed by atoms with Crippen LogP contribution < -0.4 is 15.5 Å². The monoisotopic (exact) mass is 431 g/mol. The number of amides is 2. The molecule has 3 rings (SSSR count). The molecule has 6 nitrogen and oxygen atoms in total. The van der Waals surface area contributed by atoms with Crippen molar-refractivity contribution in [3.63, 3.8) is 0 Å². The van der Waals surface area contributed by atoms with Gasteiger partial charge in [0.2, 0.25) is 5.91 Å². The van der Waals surface area contributed by atoms with E-state index in [9.17, 15) is 14.0 Å². The van der Waals surface area contributed by atoms with E-state index in [0.717, 1.165) is 11.1 Å². The van der Waals surface area contributed by atoms with E-state index in [1.807, 2.05) is 30.3 Å². The molecule has 0 radical (unpaired) electrons. The molecule has 2 aromatic rings. The van der Waals surface area contributed by atoms with E-state index >= 15 is 0 Å². The van der Waals surface area contributed by atoms with E-state index in [4.69, 9.17) is 16.3 Å². The van der Waals surface area contributed by atoms with Gasteiger partial charge in [0.1, 0.15) is 11.9 Å². The topological polar surface area (TPSA) is 70.7 Å². The van der Waals surface area contributed by atoms with E-state index in [1.54, 1.807) is 12.1 Å².